The van der Waals surface area contributed by atoms with Crippen molar-refractivity contribution in [2.24, 2.45) is 11.8 Å². The predicted molar refractivity (Wildman–Crippen MR) is 171 cm³/mol. The first-order valence-corrected chi connectivity index (χ1v) is 15.0. The van der Waals surface area contributed by atoms with Crippen molar-refractivity contribution in [3.05, 3.63) is 120 Å². The Morgan fingerprint density at radius 3 is 1.47 bits per heavy atom. The van der Waals surface area contributed by atoms with Crippen LogP contribution in [-0.2, 0) is 34.1 Å². The molecule has 0 saturated heterocycles. The maximum atomic E-state index is 11.3. The Labute approximate surface area is 258 Å². The average Bonchev–Trinajstić information content (AvgIpc) is 3.07. The van der Waals surface area contributed by atoms with Crippen molar-refractivity contribution in [1.29, 1.82) is 0 Å². The number of carbonyl (C=O) groups excluding carboxylic acids is 1. The third-order valence-electron chi connectivity index (χ3n) is 8.24. The lowest BCUT2D eigenvalue weighted by molar-refractivity contribution is -0.115. The lowest BCUT2D eigenvalue weighted by Crippen LogP contribution is -2.37. The van der Waals surface area contributed by atoms with E-state index in [0.29, 0.717) is 19.4 Å². The molecule has 0 aliphatic rings. The summed E-state index contributed by atoms with van der Waals surface area (Å²) in [5.41, 5.74) is 2.32. The summed E-state index contributed by atoms with van der Waals surface area (Å²) >= 11 is 0. The number of carbonyl (C=O) groups is 1. The van der Waals surface area contributed by atoms with Gasteiger partial charge in [0, 0.05) is 53.1 Å². The summed E-state index contributed by atoms with van der Waals surface area (Å²) in [4.78, 5) is 11.3. The number of hydrogen-bond acceptors (Lipinski definition) is 6. The van der Waals surface area contributed by atoms with Gasteiger partial charge in [0.05, 0.1) is 31.0 Å². The van der Waals surface area contributed by atoms with E-state index < -0.39 is 5.60 Å². The second kappa shape index (κ2) is 17.9. The van der Waals surface area contributed by atoms with Gasteiger partial charge in [0.1, 0.15) is 11.9 Å². The largest absolute Gasteiger partial charge is 0.381 e. The number of ether oxygens (including phenoxy) is 5. The molecule has 0 spiro atoms. The Hall–Kier alpha value is -3.13. The molecule has 0 fully saturated rings. The molecule has 3 rings (SSSR count). The van der Waals surface area contributed by atoms with Crippen LogP contribution in [0.5, 0.6) is 0 Å². The van der Waals surface area contributed by atoms with E-state index in [1.54, 1.807) is 28.4 Å². The van der Waals surface area contributed by atoms with Crippen LogP contribution in [-0.4, -0.2) is 65.7 Å². The molecule has 0 radical (unpaired) electrons. The molecule has 6 nitrogen and oxygen atoms in total. The molecule has 0 aromatic heterocycles. The minimum Gasteiger partial charge on any atom is -0.381 e. The summed E-state index contributed by atoms with van der Waals surface area (Å²) in [6.45, 7) is 4.33. The van der Waals surface area contributed by atoms with Gasteiger partial charge < -0.3 is 28.5 Å². The Bertz CT molecular complexity index is 1100. The van der Waals surface area contributed by atoms with E-state index in [4.69, 9.17) is 23.7 Å². The summed E-state index contributed by atoms with van der Waals surface area (Å²) in [7, 11) is 6.74. The SMILES string of the molecule is CO[C@@H](COC(c1ccccc1)(c1ccccc1)c1ccccc1)C[C@H](OC)[C@@H](C)/C=C/[C@H](C[C@H](OC)[C@@H](C)C=O)OC. The molecule has 0 bridgehead atoms. The van der Waals surface area contributed by atoms with E-state index in [-0.39, 0.29) is 36.3 Å². The molecule has 232 valence electrons. The van der Waals surface area contributed by atoms with Crippen molar-refractivity contribution in [3.63, 3.8) is 0 Å². The van der Waals surface area contributed by atoms with E-state index in [9.17, 15) is 4.79 Å². The number of benzene rings is 3. The minimum absolute atomic E-state index is 0.0758. The highest BCUT2D eigenvalue weighted by atomic mass is 16.5. The first-order chi connectivity index (χ1) is 20.9. The normalized spacial score (nSPS) is 16.3. The first-order valence-electron chi connectivity index (χ1n) is 15.0. The van der Waals surface area contributed by atoms with Crippen molar-refractivity contribution < 1.29 is 28.5 Å². The van der Waals surface area contributed by atoms with Gasteiger partial charge in [-0.15, -0.1) is 0 Å². The Morgan fingerprint density at radius 2 is 1.07 bits per heavy atom. The van der Waals surface area contributed by atoms with Crippen LogP contribution in [0.3, 0.4) is 0 Å². The molecule has 0 aliphatic carbocycles. The van der Waals surface area contributed by atoms with Crippen LogP contribution in [0, 0.1) is 11.8 Å². The lowest BCUT2D eigenvalue weighted by atomic mass is 9.80. The monoisotopic (exact) mass is 588 g/mol. The molecule has 3 aromatic carbocycles. The fourth-order valence-corrected chi connectivity index (χ4v) is 5.52. The number of rotatable bonds is 19. The highest BCUT2D eigenvalue weighted by Crippen LogP contribution is 2.40. The Morgan fingerprint density at radius 1 is 0.605 bits per heavy atom. The molecule has 0 unspecified atom stereocenters. The lowest BCUT2D eigenvalue weighted by Gasteiger charge is -2.37. The van der Waals surface area contributed by atoms with Gasteiger partial charge in [0.15, 0.2) is 0 Å². The summed E-state index contributed by atoms with van der Waals surface area (Å²) in [5, 5.41) is 0. The second-order valence-electron chi connectivity index (χ2n) is 11.0. The second-order valence-corrected chi connectivity index (χ2v) is 11.0. The average molecular weight is 589 g/mol. The van der Waals surface area contributed by atoms with E-state index in [0.717, 1.165) is 23.0 Å². The van der Waals surface area contributed by atoms with Gasteiger partial charge in [0.2, 0.25) is 0 Å². The van der Waals surface area contributed by atoms with Gasteiger partial charge in [-0.1, -0.05) is 117 Å². The summed E-state index contributed by atoms with van der Waals surface area (Å²) < 4.78 is 30.2. The molecule has 3 aromatic rings. The molecular formula is C37H48O6. The van der Waals surface area contributed by atoms with Crippen molar-refractivity contribution in [2.45, 2.75) is 56.7 Å². The highest BCUT2D eigenvalue weighted by molar-refractivity contribution is 5.53. The fraction of sp³-hybridized carbons (Fsp3) is 0.432. The fourth-order valence-electron chi connectivity index (χ4n) is 5.52. The van der Waals surface area contributed by atoms with E-state index in [1.807, 2.05) is 67.6 Å². The quantitative estimate of drug-likeness (QED) is 0.0866. The molecule has 6 atom stereocenters. The minimum atomic E-state index is -0.823. The summed E-state index contributed by atoms with van der Waals surface area (Å²) in [5.74, 6) is -0.135. The zero-order valence-electron chi connectivity index (χ0n) is 26.4. The van der Waals surface area contributed by atoms with Gasteiger partial charge >= 0.3 is 0 Å². The molecule has 0 heterocycles. The third-order valence-corrected chi connectivity index (χ3v) is 8.24. The topological polar surface area (TPSA) is 63.2 Å². The maximum absolute atomic E-state index is 11.3. The van der Waals surface area contributed by atoms with Crippen LogP contribution in [0.4, 0.5) is 0 Å². The predicted octanol–water partition coefficient (Wildman–Crippen LogP) is 6.86. The maximum Gasteiger partial charge on any atom is 0.143 e. The molecule has 0 saturated carbocycles. The van der Waals surface area contributed by atoms with Gasteiger partial charge in [-0.2, -0.15) is 0 Å². The standard InChI is InChI=1S/C37H48O6/c1-28(22-23-33(39-3)24-36(42-6)29(2)26-38)35(41-5)25-34(40-4)27-43-37(30-16-10-7-11-17-30,31-18-12-8-13-19-31)32-20-14-9-15-21-32/h7-23,26,28-29,33-36H,24-25,27H2,1-6H3/b23-22+/t28-,29-,33+,34+,35-,36-/m0/s1. The third kappa shape index (κ3) is 9.18. The molecule has 0 N–H and O–H groups in total. The van der Waals surface area contributed by atoms with Crippen LogP contribution in [0.1, 0.15) is 43.4 Å². The molecule has 43 heavy (non-hydrogen) atoms. The van der Waals surface area contributed by atoms with Gasteiger partial charge in [-0.25, -0.2) is 0 Å². The number of methoxy groups -OCH3 is 4. The van der Waals surface area contributed by atoms with Crippen molar-refractivity contribution in [3.8, 4) is 0 Å². The van der Waals surface area contributed by atoms with Crippen molar-refractivity contribution in [1.82, 2.24) is 0 Å². The van der Waals surface area contributed by atoms with Gasteiger partial charge in [-0.3, -0.25) is 0 Å². The van der Waals surface area contributed by atoms with E-state index in [1.165, 1.54) is 0 Å². The van der Waals surface area contributed by atoms with Gasteiger partial charge in [-0.05, 0) is 16.7 Å². The van der Waals surface area contributed by atoms with E-state index in [2.05, 4.69) is 49.4 Å². The van der Waals surface area contributed by atoms with Gasteiger partial charge in [0.25, 0.3) is 0 Å². The van der Waals surface area contributed by atoms with Crippen LogP contribution in [0.2, 0.25) is 0 Å². The molecule has 0 aliphatic heterocycles. The summed E-state index contributed by atoms with van der Waals surface area (Å²) in [6.07, 6.45) is 5.54. The van der Waals surface area contributed by atoms with Crippen LogP contribution >= 0.6 is 0 Å². The zero-order chi connectivity index (χ0) is 31.1. The Balaban J connectivity index is 1.81. The molecule has 0 amide bonds. The van der Waals surface area contributed by atoms with Crippen LogP contribution in [0.25, 0.3) is 0 Å². The smallest absolute Gasteiger partial charge is 0.143 e. The Kier molecular flexibility index (Phi) is 14.3. The van der Waals surface area contributed by atoms with Crippen molar-refractivity contribution in [2.75, 3.05) is 35.0 Å². The van der Waals surface area contributed by atoms with E-state index >= 15 is 0 Å². The molecule has 6 heteroatoms. The highest BCUT2D eigenvalue weighted by Gasteiger charge is 2.38. The first kappa shape index (κ1) is 34.4. The van der Waals surface area contributed by atoms with Crippen LogP contribution in [0.15, 0.2) is 103 Å². The van der Waals surface area contributed by atoms with Crippen molar-refractivity contribution >= 4 is 6.29 Å². The number of hydrogen-bond donors (Lipinski definition) is 0. The number of aldehydes is 1. The van der Waals surface area contributed by atoms with Crippen LogP contribution < -0.4 is 0 Å². The zero-order valence-corrected chi connectivity index (χ0v) is 26.4. The summed E-state index contributed by atoms with van der Waals surface area (Å²) in [6, 6.07) is 31.0. The molecular weight excluding hydrogens is 540 g/mol.